The van der Waals surface area contributed by atoms with Crippen LogP contribution < -0.4 is 5.56 Å². The van der Waals surface area contributed by atoms with E-state index in [4.69, 9.17) is 0 Å². The summed E-state index contributed by atoms with van der Waals surface area (Å²) in [5.74, 6) is 0.201. The van der Waals surface area contributed by atoms with Gasteiger partial charge in [0.25, 0.3) is 11.5 Å². The molecule has 0 radical (unpaired) electrons. The molecule has 3 aromatic rings. The van der Waals surface area contributed by atoms with Crippen LogP contribution >= 0.6 is 0 Å². The number of benzene rings is 1. The van der Waals surface area contributed by atoms with Gasteiger partial charge in [0.2, 0.25) is 5.95 Å². The number of amides is 1. The minimum absolute atomic E-state index is 0.114. The highest BCUT2D eigenvalue weighted by atomic mass is 16.2. The van der Waals surface area contributed by atoms with E-state index in [-0.39, 0.29) is 11.5 Å². The number of fused-ring (bicyclic) bond motifs is 1. The summed E-state index contributed by atoms with van der Waals surface area (Å²) in [6.07, 6.45) is 0.842. The maximum absolute atomic E-state index is 12.9. The lowest BCUT2D eigenvalue weighted by molar-refractivity contribution is 0.0728. The van der Waals surface area contributed by atoms with Crippen molar-refractivity contribution in [2.24, 2.45) is 0 Å². The first-order valence-electron chi connectivity index (χ1n) is 8.52. The molecule has 0 atom stereocenters. The molecule has 0 fully saturated rings. The van der Waals surface area contributed by atoms with E-state index in [0.717, 1.165) is 12.1 Å². The van der Waals surface area contributed by atoms with Crippen LogP contribution in [0.4, 0.5) is 0 Å². The molecule has 26 heavy (non-hydrogen) atoms. The van der Waals surface area contributed by atoms with Crippen LogP contribution in [0.2, 0.25) is 0 Å². The van der Waals surface area contributed by atoms with Gasteiger partial charge in [-0.25, -0.2) is 9.67 Å². The van der Waals surface area contributed by atoms with Gasteiger partial charge < -0.3 is 4.90 Å². The Labute approximate surface area is 150 Å². The highest BCUT2D eigenvalue weighted by Gasteiger charge is 2.24. The molecular formula is C19H19N5O2. The number of hydrogen-bond donors (Lipinski definition) is 1. The lowest BCUT2D eigenvalue weighted by Gasteiger charge is -2.28. The van der Waals surface area contributed by atoms with E-state index in [1.807, 2.05) is 19.1 Å². The van der Waals surface area contributed by atoms with E-state index >= 15 is 0 Å². The highest BCUT2D eigenvalue weighted by Crippen LogP contribution is 2.20. The third kappa shape index (κ3) is 2.92. The summed E-state index contributed by atoms with van der Waals surface area (Å²) in [6, 6.07) is 11.3. The molecule has 1 N–H and O–H groups in total. The van der Waals surface area contributed by atoms with Crippen LogP contribution in [0.25, 0.3) is 5.95 Å². The molecular weight excluding hydrogens is 330 g/mol. The Balaban J connectivity index is 1.63. The number of carbonyl (C=O) groups is 1. The molecule has 0 unspecified atom stereocenters. The third-order valence-electron chi connectivity index (χ3n) is 4.58. The first-order valence-corrected chi connectivity index (χ1v) is 8.52. The molecule has 0 aliphatic carbocycles. The van der Waals surface area contributed by atoms with E-state index in [1.165, 1.54) is 21.9 Å². The van der Waals surface area contributed by atoms with E-state index < -0.39 is 0 Å². The molecule has 0 bridgehead atoms. The number of carbonyl (C=O) groups excluding carboxylic acids is 1. The fourth-order valence-electron chi connectivity index (χ4n) is 3.29. The van der Waals surface area contributed by atoms with Crippen molar-refractivity contribution in [1.29, 1.82) is 0 Å². The maximum Gasteiger partial charge on any atom is 0.274 e. The summed E-state index contributed by atoms with van der Waals surface area (Å²) >= 11 is 0. The van der Waals surface area contributed by atoms with Gasteiger partial charge in [-0.05, 0) is 37.5 Å². The summed E-state index contributed by atoms with van der Waals surface area (Å²) < 4.78 is 1.50. The van der Waals surface area contributed by atoms with Crippen molar-refractivity contribution >= 4 is 5.91 Å². The fraction of sp³-hybridized carbons (Fsp3) is 0.263. The molecule has 1 aromatic carbocycles. The minimum Gasteiger partial charge on any atom is -0.333 e. The molecule has 1 amide bonds. The number of nitrogens with zero attached hydrogens (tertiary/aromatic N) is 4. The molecule has 132 valence electrons. The van der Waals surface area contributed by atoms with E-state index in [1.54, 1.807) is 17.9 Å². The zero-order valence-electron chi connectivity index (χ0n) is 14.7. The Morgan fingerprint density at radius 2 is 1.92 bits per heavy atom. The molecule has 0 spiro atoms. The first kappa shape index (κ1) is 16.3. The predicted octanol–water partition coefficient (Wildman–Crippen LogP) is 1.77. The van der Waals surface area contributed by atoms with Crippen LogP contribution in [0.15, 0.2) is 41.2 Å². The standard InChI is InChI=1S/C19H19N5O2/c1-12-9-17(25)21-19(20-12)24-13(2)10-16(22-24)18(26)23-8-7-14-5-3-4-6-15(14)11-23/h3-6,9-10H,7-8,11H2,1-2H3,(H,20,21,25). The van der Waals surface area contributed by atoms with E-state index in [0.29, 0.717) is 30.4 Å². The van der Waals surface area contributed by atoms with Gasteiger partial charge in [-0.15, -0.1) is 0 Å². The zero-order valence-corrected chi connectivity index (χ0v) is 14.7. The first-order chi connectivity index (χ1) is 12.5. The molecule has 3 heterocycles. The van der Waals surface area contributed by atoms with Crippen molar-refractivity contribution in [3.63, 3.8) is 0 Å². The maximum atomic E-state index is 12.9. The van der Waals surface area contributed by atoms with Gasteiger partial charge in [-0.2, -0.15) is 5.10 Å². The van der Waals surface area contributed by atoms with Crippen molar-refractivity contribution in [2.45, 2.75) is 26.8 Å². The van der Waals surface area contributed by atoms with Crippen LogP contribution in [0.5, 0.6) is 0 Å². The number of aromatic nitrogens is 4. The topological polar surface area (TPSA) is 83.9 Å². The zero-order chi connectivity index (χ0) is 18.3. The summed E-state index contributed by atoms with van der Waals surface area (Å²) in [7, 11) is 0. The van der Waals surface area contributed by atoms with Crippen molar-refractivity contribution in [3.05, 3.63) is 75.0 Å². The SMILES string of the molecule is Cc1cc(=O)[nH]c(-n2nc(C(=O)N3CCc4ccccc4C3)cc2C)n1. The van der Waals surface area contributed by atoms with E-state index in [2.05, 4.69) is 27.2 Å². The Morgan fingerprint density at radius 3 is 2.69 bits per heavy atom. The molecule has 7 heteroatoms. The lowest BCUT2D eigenvalue weighted by Crippen LogP contribution is -2.36. The minimum atomic E-state index is -0.247. The summed E-state index contributed by atoms with van der Waals surface area (Å²) in [5, 5.41) is 4.39. The highest BCUT2D eigenvalue weighted by molar-refractivity contribution is 5.92. The Morgan fingerprint density at radius 1 is 1.15 bits per heavy atom. The average Bonchev–Trinajstić information content (AvgIpc) is 3.01. The Kier molecular flexibility index (Phi) is 3.91. The number of aromatic amines is 1. The Bertz CT molecular complexity index is 1050. The van der Waals surface area contributed by atoms with Crippen LogP contribution in [0.3, 0.4) is 0 Å². The molecule has 1 aliphatic heterocycles. The quantitative estimate of drug-likeness (QED) is 0.764. The second-order valence-electron chi connectivity index (χ2n) is 6.54. The number of H-pyrrole nitrogens is 1. The smallest absolute Gasteiger partial charge is 0.274 e. The second kappa shape index (κ2) is 6.25. The Hall–Kier alpha value is -3.22. The van der Waals surface area contributed by atoms with Gasteiger partial charge >= 0.3 is 0 Å². The van der Waals surface area contributed by atoms with Crippen molar-refractivity contribution < 1.29 is 4.79 Å². The molecule has 1 aliphatic rings. The molecule has 4 rings (SSSR count). The second-order valence-corrected chi connectivity index (χ2v) is 6.54. The van der Waals surface area contributed by atoms with E-state index in [9.17, 15) is 9.59 Å². The van der Waals surface area contributed by atoms with Gasteiger partial charge in [0.05, 0.1) is 0 Å². The number of hydrogen-bond acceptors (Lipinski definition) is 4. The van der Waals surface area contributed by atoms with Gasteiger partial charge in [0.15, 0.2) is 5.69 Å². The third-order valence-corrected chi connectivity index (χ3v) is 4.58. The normalized spacial score (nSPS) is 13.5. The van der Waals surface area contributed by atoms with Crippen molar-refractivity contribution in [3.8, 4) is 5.95 Å². The summed E-state index contributed by atoms with van der Waals surface area (Å²) in [5.41, 5.74) is 3.90. The van der Waals surface area contributed by atoms with Gasteiger partial charge in [-0.3, -0.25) is 14.6 Å². The largest absolute Gasteiger partial charge is 0.333 e. The molecule has 2 aromatic heterocycles. The predicted molar refractivity (Wildman–Crippen MR) is 96.3 cm³/mol. The van der Waals surface area contributed by atoms with Gasteiger partial charge in [0.1, 0.15) is 0 Å². The van der Waals surface area contributed by atoms with Crippen molar-refractivity contribution in [2.75, 3.05) is 6.54 Å². The van der Waals surface area contributed by atoms with Crippen LogP contribution in [-0.4, -0.2) is 37.1 Å². The van der Waals surface area contributed by atoms with Crippen LogP contribution in [0, 0.1) is 13.8 Å². The molecule has 7 nitrogen and oxygen atoms in total. The molecule has 0 saturated heterocycles. The van der Waals surface area contributed by atoms with Crippen LogP contribution in [0.1, 0.15) is 33.0 Å². The monoisotopic (exact) mass is 349 g/mol. The summed E-state index contributed by atoms with van der Waals surface area (Å²) in [4.78, 5) is 33.4. The van der Waals surface area contributed by atoms with Gasteiger partial charge in [0, 0.05) is 30.5 Å². The average molecular weight is 349 g/mol. The van der Waals surface area contributed by atoms with Gasteiger partial charge in [-0.1, -0.05) is 24.3 Å². The lowest BCUT2D eigenvalue weighted by atomic mass is 10.00. The number of nitrogens with one attached hydrogen (secondary N) is 1. The summed E-state index contributed by atoms with van der Waals surface area (Å²) in [6.45, 7) is 4.83. The van der Waals surface area contributed by atoms with Crippen LogP contribution in [-0.2, 0) is 13.0 Å². The number of rotatable bonds is 2. The fourth-order valence-corrected chi connectivity index (χ4v) is 3.29. The molecule has 0 saturated carbocycles. The van der Waals surface area contributed by atoms with Crippen molar-refractivity contribution in [1.82, 2.24) is 24.6 Å². The number of aryl methyl sites for hydroxylation is 2.